The van der Waals surface area contributed by atoms with Crippen molar-refractivity contribution in [2.45, 2.75) is 33.3 Å². The average molecular weight is 364 g/mol. The van der Waals surface area contributed by atoms with E-state index in [2.05, 4.69) is 36.0 Å². The lowest BCUT2D eigenvalue weighted by atomic mass is 9.92. The van der Waals surface area contributed by atoms with Crippen molar-refractivity contribution in [1.29, 1.82) is 0 Å². The Morgan fingerprint density at radius 1 is 1.23 bits per heavy atom. The number of ether oxygens (including phenoxy) is 2. The van der Waals surface area contributed by atoms with E-state index in [1.807, 2.05) is 6.07 Å². The Bertz CT molecular complexity index is 596. The van der Waals surface area contributed by atoms with Crippen molar-refractivity contribution < 1.29 is 14.6 Å². The standard InChI is InChI=1S/C20H33N3O3/c1-6-21-20(23-12-14(2)9-15(3)13-23)22-11-17(24)16-7-8-18(25-4)19(10-16)26-5/h7-8,10,14-15,17,24H,6,9,11-13H2,1-5H3,(H,21,22). The fraction of sp³-hybridized carbons (Fsp3) is 0.650. The van der Waals surface area contributed by atoms with Gasteiger partial charge in [-0.2, -0.15) is 0 Å². The highest BCUT2D eigenvalue weighted by Crippen LogP contribution is 2.30. The first-order valence-electron chi connectivity index (χ1n) is 9.41. The van der Waals surface area contributed by atoms with E-state index in [1.165, 1.54) is 6.42 Å². The molecule has 6 heteroatoms. The zero-order valence-corrected chi connectivity index (χ0v) is 16.7. The van der Waals surface area contributed by atoms with E-state index in [9.17, 15) is 5.11 Å². The summed E-state index contributed by atoms with van der Waals surface area (Å²) in [7, 11) is 3.19. The van der Waals surface area contributed by atoms with Crippen LogP contribution in [-0.2, 0) is 0 Å². The smallest absolute Gasteiger partial charge is 0.194 e. The number of aliphatic hydroxyl groups excluding tert-OH is 1. The van der Waals surface area contributed by atoms with Crippen LogP contribution in [0.1, 0.15) is 38.9 Å². The molecule has 1 saturated heterocycles. The van der Waals surface area contributed by atoms with Crippen molar-refractivity contribution in [2.24, 2.45) is 16.8 Å². The van der Waals surface area contributed by atoms with Crippen LogP contribution in [0.5, 0.6) is 11.5 Å². The number of aliphatic imine (C=N–C) groups is 1. The highest BCUT2D eigenvalue weighted by Gasteiger charge is 2.24. The van der Waals surface area contributed by atoms with Crippen LogP contribution in [0, 0.1) is 11.8 Å². The van der Waals surface area contributed by atoms with Crippen LogP contribution < -0.4 is 14.8 Å². The van der Waals surface area contributed by atoms with Crippen LogP contribution in [0.4, 0.5) is 0 Å². The van der Waals surface area contributed by atoms with E-state index in [1.54, 1.807) is 26.4 Å². The zero-order chi connectivity index (χ0) is 19.1. The summed E-state index contributed by atoms with van der Waals surface area (Å²) in [4.78, 5) is 7.00. The number of likely N-dealkylation sites (tertiary alicyclic amines) is 1. The third-order valence-corrected chi connectivity index (χ3v) is 4.71. The van der Waals surface area contributed by atoms with E-state index in [0.29, 0.717) is 29.9 Å². The first-order valence-corrected chi connectivity index (χ1v) is 9.41. The van der Waals surface area contributed by atoms with Crippen molar-refractivity contribution in [1.82, 2.24) is 10.2 Å². The van der Waals surface area contributed by atoms with Crippen LogP contribution in [0.3, 0.4) is 0 Å². The number of nitrogens with zero attached hydrogens (tertiary/aromatic N) is 2. The molecule has 1 fully saturated rings. The third kappa shape index (κ3) is 5.27. The number of hydrogen-bond acceptors (Lipinski definition) is 4. The minimum absolute atomic E-state index is 0.303. The van der Waals surface area contributed by atoms with Crippen LogP contribution in [0.2, 0.25) is 0 Å². The second-order valence-electron chi connectivity index (χ2n) is 7.18. The normalized spacial score (nSPS) is 22.1. The molecule has 0 saturated carbocycles. The number of methoxy groups -OCH3 is 2. The summed E-state index contributed by atoms with van der Waals surface area (Å²) in [5.74, 6) is 3.44. The lowest BCUT2D eigenvalue weighted by Crippen LogP contribution is -2.48. The highest BCUT2D eigenvalue weighted by molar-refractivity contribution is 5.80. The van der Waals surface area contributed by atoms with Gasteiger partial charge in [-0.3, -0.25) is 4.99 Å². The highest BCUT2D eigenvalue weighted by atomic mass is 16.5. The molecule has 0 radical (unpaired) electrons. The molecule has 2 rings (SSSR count). The topological polar surface area (TPSA) is 66.3 Å². The first kappa shape index (κ1) is 20.4. The Hall–Kier alpha value is -1.95. The van der Waals surface area contributed by atoms with Crippen LogP contribution in [0.25, 0.3) is 0 Å². The summed E-state index contributed by atoms with van der Waals surface area (Å²) >= 11 is 0. The van der Waals surface area contributed by atoms with Crippen LogP contribution in [0.15, 0.2) is 23.2 Å². The molecule has 3 unspecified atom stereocenters. The molecule has 1 aliphatic rings. The number of hydrogen-bond donors (Lipinski definition) is 2. The molecule has 6 nitrogen and oxygen atoms in total. The van der Waals surface area contributed by atoms with Crippen LogP contribution in [-0.4, -0.2) is 56.4 Å². The maximum atomic E-state index is 10.6. The van der Waals surface area contributed by atoms with Gasteiger partial charge in [0, 0.05) is 19.6 Å². The van der Waals surface area contributed by atoms with Gasteiger partial charge in [0.25, 0.3) is 0 Å². The maximum absolute atomic E-state index is 10.6. The lowest BCUT2D eigenvalue weighted by Gasteiger charge is -2.37. The fourth-order valence-corrected chi connectivity index (χ4v) is 3.60. The van der Waals surface area contributed by atoms with Gasteiger partial charge >= 0.3 is 0 Å². The molecule has 146 valence electrons. The molecule has 2 N–H and O–H groups in total. The van der Waals surface area contributed by atoms with Gasteiger partial charge in [0.1, 0.15) is 0 Å². The van der Waals surface area contributed by atoms with E-state index in [0.717, 1.165) is 31.2 Å². The van der Waals surface area contributed by atoms with Crippen molar-refractivity contribution in [3.63, 3.8) is 0 Å². The number of rotatable bonds is 6. The molecule has 0 amide bonds. The summed E-state index contributed by atoms with van der Waals surface area (Å²) in [6.45, 7) is 9.75. The number of aliphatic hydroxyl groups is 1. The molecular formula is C20H33N3O3. The van der Waals surface area contributed by atoms with Gasteiger partial charge in [0.2, 0.25) is 0 Å². The van der Waals surface area contributed by atoms with Gasteiger partial charge in [-0.25, -0.2) is 0 Å². The minimum atomic E-state index is -0.692. The van der Waals surface area contributed by atoms with Crippen molar-refractivity contribution in [3.8, 4) is 11.5 Å². The SMILES string of the molecule is CCNC(=NCC(O)c1ccc(OC)c(OC)c1)N1CC(C)CC(C)C1. The predicted octanol–water partition coefficient (Wildman–Crippen LogP) is 2.68. The molecule has 0 spiro atoms. The Morgan fingerprint density at radius 3 is 2.46 bits per heavy atom. The summed E-state index contributed by atoms with van der Waals surface area (Å²) in [6.07, 6.45) is 0.563. The second-order valence-corrected chi connectivity index (χ2v) is 7.18. The Kier molecular flexibility index (Phi) is 7.57. The number of guanidine groups is 1. The summed E-state index contributed by atoms with van der Waals surface area (Å²) in [6, 6.07) is 5.46. The van der Waals surface area contributed by atoms with Gasteiger partial charge in [-0.05, 0) is 42.9 Å². The van der Waals surface area contributed by atoms with Crippen molar-refractivity contribution in [2.75, 3.05) is 40.4 Å². The van der Waals surface area contributed by atoms with E-state index in [-0.39, 0.29) is 0 Å². The summed E-state index contributed by atoms with van der Waals surface area (Å²) in [5.41, 5.74) is 0.766. The third-order valence-electron chi connectivity index (χ3n) is 4.71. The maximum Gasteiger partial charge on any atom is 0.194 e. The molecule has 1 aromatic rings. The molecule has 26 heavy (non-hydrogen) atoms. The molecule has 0 aromatic heterocycles. The van der Waals surface area contributed by atoms with Crippen LogP contribution >= 0.6 is 0 Å². The number of nitrogens with one attached hydrogen (secondary N) is 1. The van der Waals surface area contributed by atoms with Gasteiger partial charge < -0.3 is 24.8 Å². The quantitative estimate of drug-likeness (QED) is 0.601. The van der Waals surface area contributed by atoms with Gasteiger partial charge in [-0.1, -0.05) is 19.9 Å². The molecule has 1 heterocycles. The molecule has 0 aliphatic carbocycles. The zero-order valence-electron chi connectivity index (χ0n) is 16.7. The lowest BCUT2D eigenvalue weighted by molar-refractivity contribution is 0.183. The fourth-order valence-electron chi connectivity index (χ4n) is 3.60. The van der Waals surface area contributed by atoms with Gasteiger partial charge in [-0.15, -0.1) is 0 Å². The minimum Gasteiger partial charge on any atom is -0.493 e. The molecule has 1 aliphatic heterocycles. The van der Waals surface area contributed by atoms with E-state index in [4.69, 9.17) is 9.47 Å². The molecule has 1 aromatic carbocycles. The Balaban J connectivity index is 2.10. The van der Waals surface area contributed by atoms with E-state index < -0.39 is 6.10 Å². The first-order chi connectivity index (χ1) is 12.5. The summed E-state index contributed by atoms with van der Waals surface area (Å²) in [5, 5.41) is 13.9. The predicted molar refractivity (Wildman–Crippen MR) is 105 cm³/mol. The molecule has 3 atom stereocenters. The van der Waals surface area contributed by atoms with Crippen molar-refractivity contribution >= 4 is 5.96 Å². The molecular weight excluding hydrogens is 330 g/mol. The van der Waals surface area contributed by atoms with Crippen molar-refractivity contribution in [3.05, 3.63) is 23.8 Å². The summed E-state index contributed by atoms with van der Waals surface area (Å²) < 4.78 is 10.6. The average Bonchev–Trinajstić information content (AvgIpc) is 2.63. The Labute approximate surface area is 157 Å². The number of piperidine rings is 1. The number of benzene rings is 1. The van der Waals surface area contributed by atoms with Gasteiger partial charge in [0.15, 0.2) is 17.5 Å². The Morgan fingerprint density at radius 2 is 1.88 bits per heavy atom. The van der Waals surface area contributed by atoms with E-state index >= 15 is 0 Å². The molecule has 0 bridgehead atoms. The largest absolute Gasteiger partial charge is 0.493 e. The van der Waals surface area contributed by atoms with Gasteiger partial charge in [0.05, 0.1) is 26.9 Å². The monoisotopic (exact) mass is 363 g/mol. The second kappa shape index (κ2) is 9.67.